The van der Waals surface area contributed by atoms with Crippen LogP contribution in [0.25, 0.3) is 0 Å². The van der Waals surface area contributed by atoms with Crippen molar-refractivity contribution in [3.8, 4) is 17.2 Å². The Bertz CT molecular complexity index is 520. The van der Waals surface area contributed by atoms with Crippen molar-refractivity contribution in [2.75, 3.05) is 13.7 Å². The van der Waals surface area contributed by atoms with Gasteiger partial charge in [0.15, 0.2) is 0 Å². The maximum absolute atomic E-state index is 5.80. The summed E-state index contributed by atoms with van der Waals surface area (Å²) in [6.07, 6.45) is 0. The van der Waals surface area contributed by atoms with Gasteiger partial charge in [0.2, 0.25) is 0 Å². The molecule has 0 saturated carbocycles. The van der Waals surface area contributed by atoms with E-state index in [1.165, 1.54) is 5.56 Å². The van der Waals surface area contributed by atoms with Crippen LogP contribution in [-0.2, 0) is 0 Å². The van der Waals surface area contributed by atoms with Gasteiger partial charge in [-0.25, -0.2) is 0 Å². The highest BCUT2D eigenvalue weighted by molar-refractivity contribution is 5.36. The van der Waals surface area contributed by atoms with E-state index < -0.39 is 0 Å². The third kappa shape index (κ3) is 3.75. The highest BCUT2D eigenvalue weighted by atomic mass is 16.5. The minimum atomic E-state index is 0.342. The Balaban J connectivity index is 2.02. The maximum atomic E-state index is 5.80. The van der Waals surface area contributed by atoms with Gasteiger partial charge in [0, 0.05) is 6.04 Å². The lowest BCUT2D eigenvalue weighted by Crippen LogP contribution is -2.11. The van der Waals surface area contributed by atoms with Crippen molar-refractivity contribution in [2.45, 2.75) is 19.9 Å². The van der Waals surface area contributed by atoms with Crippen LogP contribution in [-0.4, -0.2) is 13.7 Å². The van der Waals surface area contributed by atoms with Crippen LogP contribution in [0, 0.1) is 0 Å². The molecule has 2 aromatic rings. The Morgan fingerprint density at radius 1 is 0.900 bits per heavy atom. The van der Waals surface area contributed by atoms with Crippen LogP contribution in [0.5, 0.6) is 17.2 Å². The molecule has 0 fully saturated rings. The quantitative estimate of drug-likeness (QED) is 0.855. The first-order valence-corrected chi connectivity index (χ1v) is 6.91. The van der Waals surface area contributed by atoms with Crippen molar-refractivity contribution in [1.29, 1.82) is 0 Å². The molecule has 0 bridgehead atoms. The van der Waals surface area contributed by atoms with Gasteiger partial charge < -0.3 is 14.8 Å². The van der Waals surface area contributed by atoms with Crippen LogP contribution in [0.3, 0.4) is 0 Å². The van der Waals surface area contributed by atoms with Crippen LogP contribution in [0.15, 0.2) is 48.5 Å². The smallest absolute Gasteiger partial charge is 0.127 e. The first kappa shape index (κ1) is 14.4. The Labute approximate surface area is 120 Å². The number of ether oxygens (including phenoxy) is 2. The van der Waals surface area contributed by atoms with Crippen molar-refractivity contribution in [3.05, 3.63) is 54.1 Å². The topological polar surface area (TPSA) is 30.5 Å². The van der Waals surface area contributed by atoms with Gasteiger partial charge in [-0.05, 0) is 62.9 Å². The molecule has 3 nitrogen and oxygen atoms in total. The van der Waals surface area contributed by atoms with Crippen LogP contribution >= 0.6 is 0 Å². The fraction of sp³-hybridized carbons (Fsp3) is 0.294. The highest BCUT2D eigenvalue weighted by Crippen LogP contribution is 2.25. The van der Waals surface area contributed by atoms with E-state index in [2.05, 4.69) is 24.4 Å². The van der Waals surface area contributed by atoms with Crippen LogP contribution in [0.2, 0.25) is 0 Å². The van der Waals surface area contributed by atoms with Crippen LogP contribution in [0.4, 0.5) is 0 Å². The molecule has 0 amide bonds. The molecule has 20 heavy (non-hydrogen) atoms. The zero-order valence-electron chi connectivity index (χ0n) is 12.2. The lowest BCUT2D eigenvalue weighted by molar-refractivity contribution is 0.339. The summed E-state index contributed by atoms with van der Waals surface area (Å²) in [6, 6.07) is 16.1. The second-order valence-corrected chi connectivity index (χ2v) is 4.59. The molecule has 0 aliphatic carbocycles. The van der Waals surface area contributed by atoms with E-state index in [0.29, 0.717) is 12.6 Å². The number of rotatable bonds is 6. The molecule has 2 rings (SSSR count). The van der Waals surface area contributed by atoms with Crippen LogP contribution < -0.4 is 14.8 Å². The molecular formula is C17H21NO2. The minimum Gasteiger partial charge on any atom is -0.494 e. The molecule has 0 radical (unpaired) electrons. The SMILES string of the molecule is CCOc1ccc(Oc2ccc(C(C)NC)cc2)cc1. The van der Waals surface area contributed by atoms with E-state index in [1.54, 1.807) is 0 Å². The number of benzene rings is 2. The van der Waals surface area contributed by atoms with Gasteiger partial charge in [0.1, 0.15) is 17.2 Å². The van der Waals surface area contributed by atoms with Gasteiger partial charge >= 0.3 is 0 Å². The molecule has 0 spiro atoms. The highest BCUT2D eigenvalue weighted by Gasteiger charge is 2.03. The third-order valence-electron chi connectivity index (χ3n) is 3.18. The average molecular weight is 271 g/mol. The molecule has 0 aromatic heterocycles. The normalized spacial score (nSPS) is 11.9. The molecule has 0 aliphatic heterocycles. The fourth-order valence-electron chi connectivity index (χ4n) is 1.90. The van der Waals surface area contributed by atoms with E-state index in [-0.39, 0.29) is 0 Å². The molecule has 106 valence electrons. The Hall–Kier alpha value is -2.00. The van der Waals surface area contributed by atoms with Gasteiger partial charge in [-0.2, -0.15) is 0 Å². The zero-order chi connectivity index (χ0) is 14.4. The summed E-state index contributed by atoms with van der Waals surface area (Å²) >= 11 is 0. The predicted octanol–water partition coefficient (Wildman–Crippen LogP) is 4.16. The van der Waals surface area contributed by atoms with E-state index in [9.17, 15) is 0 Å². The van der Waals surface area contributed by atoms with E-state index in [4.69, 9.17) is 9.47 Å². The van der Waals surface area contributed by atoms with Gasteiger partial charge in [-0.3, -0.25) is 0 Å². The Morgan fingerprint density at radius 2 is 1.40 bits per heavy atom. The maximum Gasteiger partial charge on any atom is 0.127 e. The molecule has 0 heterocycles. The van der Waals surface area contributed by atoms with Crippen LogP contribution in [0.1, 0.15) is 25.5 Å². The lowest BCUT2D eigenvalue weighted by atomic mass is 10.1. The summed E-state index contributed by atoms with van der Waals surface area (Å²) in [4.78, 5) is 0. The van der Waals surface area contributed by atoms with Crippen molar-refractivity contribution in [1.82, 2.24) is 5.32 Å². The molecule has 1 N–H and O–H groups in total. The first-order chi connectivity index (χ1) is 9.72. The van der Waals surface area contributed by atoms with E-state index in [0.717, 1.165) is 17.2 Å². The molecule has 1 unspecified atom stereocenters. The summed E-state index contributed by atoms with van der Waals surface area (Å²) < 4.78 is 11.2. The van der Waals surface area contributed by atoms with Gasteiger partial charge in [0.05, 0.1) is 6.61 Å². The monoisotopic (exact) mass is 271 g/mol. The van der Waals surface area contributed by atoms with E-state index in [1.807, 2.05) is 50.4 Å². The largest absolute Gasteiger partial charge is 0.494 e. The summed E-state index contributed by atoms with van der Waals surface area (Å²) in [5.74, 6) is 2.50. The molecule has 3 heteroatoms. The standard InChI is InChI=1S/C17H21NO2/c1-4-19-15-9-11-17(12-10-15)20-16-7-5-14(6-8-16)13(2)18-3/h5-13,18H,4H2,1-3H3. The summed E-state index contributed by atoms with van der Waals surface area (Å²) in [5, 5.41) is 3.21. The summed E-state index contributed by atoms with van der Waals surface area (Å²) in [5.41, 5.74) is 1.24. The zero-order valence-corrected chi connectivity index (χ0v) is 12.2. The second kappa shape index (κ2) is 6.96. The molecule has 0 saturated heterocycles. The van der Waals surface area contributed by atoms with Crippen molar-refractivity contribution in [2.24, 2.45) is 0 Å². The summed E-state index contributed by atoms with van der Waals surface area (Å²) in [6.45, 7) is 4.77. The molecular weight excluding hydrogens is 250 g/mol. The van der Waals surface area contributed by atoms with E-state index >= 15 is 0 Å². The van der Waals surface area contributed by atoms with Gasteiger partial charge in [0.25, 0.3) is 0 Å². The number of nitrogens with one attached hydrogen (secondary N) is 1. The molecule has 1 atom stereocenters. The Kier molecular flexibility index (Phi) is 5.02. The average Bonchev–Trinajstić information content (AvgIpc) is 2.49. The molecule has 0 aliphatic rings. The van der Waals surface area contributed by atoms with Crippen molar-refractivity contribution >= 4 is 0 Å². The first-order valence-electron chi connectivity index (χ1n) is 6.91. The second-order valence-electron chi connectivity index (χ2n) is 4.59. The lowest BCUT2D eigenvalue weighted by Gasteiger charge is -2.12. The number of hydrogen-bond donors (Lipinski definition) is 1. The number of hydrogen-bond acceptors (Lipinski definition) is 3. The van der Waals surface area contributed by atoms with Crippen molar-refractivity contribution in [3.63, 3.8) is 0 Å². The summed E-state index contributed by atoms with van der Waals surface area (Å²) in [7, 11) is 1.95. The van der Waals surface area contributed by atoms with Crippen molar-refractivity contribution < 1.29 is 9.47 Å². The minimum absolute atomic E-state index is 0.342. The predicted molar refractivity (Wildman–Crippen MR) is 81.6 cm³/mol. The van der Waals surface area contributed by atoms with Gasteiger partial charge in [-0.15, -0.1) is 0 Å². The fourth-order valence-corrected chi connectivity index (χ4v) is 1.90. The third-order valence-corrected chi connectivity index (χ3v) is 3.18. The van der Waals surface area contributed by atoms with Gasteiger partial charge in [-0.1, -0.05) is 12.1 Å². The molecule has 2 aromatic carbocycles. The Morgan fingerprint density at radius 3 is 1.90 bits per heavy atom.